The monoisotopic (exact) mass is 194 g/mol. The van der Waals surface area contributed by atoms with Crippen LogP contribution in [-0.2, 0) is 9.53 Å². The molecule has 0 bridgehead atoms. The first kappa shape index (κ1) is 10.5. The van der Waals surface area contributed by atoms with Gasteiger partial charge in [0.2, 0.25) is 0 Å². The average molecular weight is 194 g/mol. The van der Waals surface area contributed by atoms with Crippen LogP contribution in [0.15, 0.2) is 24.3 Å². The summed E-state index contributed by atoms with van der Waals surface area (Å²) in [4.78, 5) is 11.4. The van der Waals surface area contributed by atoms with Crippen LogP contribution < -0.4 is 11.1 Å². The SMILES string of the molecule is CO[C@@H](C)C(=O)Nc1cccc(N)c1. The summed E-state index contributed by atoms with van der Waals surface area (Å²) >= 11 is 0. The van der Waals surface area contributed by atoms with Crippen molar-refractivity contribution in [3.8, 4) is 0 Å². The fourth-order valence-electron chi connectivity index (χ4n) is 0.967. The van der Waals surface area contributed by atoms with Gasteiger partial charge in [-0.2, -0.15) is 0 Å². The lowest BCUT2D eigenvalue weighted by Gasteiger charge is -2.10. The molecule has 0 radical (unpaired) electrons. The van der Waals surface area contributed by atoms with E-state index < -0.39 is 6.10 Å². The van der Waals surface area contributed by atoms with Crippen LogP contribution in [0.2, 0.25) is 0 Å². The van der Waals surface area contributed by atoms with E-state index in [-0.39, 0.29) is 5.91 Å². The summed E-state index contributed by atoms with van der Waals surface area (Å²) < 4.78 is 4.87. The zero-order chi connectivity index (χ0) is 10.6. The highest BCUT2D eigenvalue weighted by Crippen LogP contribution is 2.12. The average Bonchev–Trinajstić information content (AvgIpc) is 2.16. The molecule has 0 spiro atoms. The van der Waals surface area contributed by atoms with Crippen LogP contribution in [0, 0.1) is 0 Å². The molecular formula is C10H14N2O2. The normalized spacial score (nSPS) is 12.1. The van der Waals surface area contributed by atoms with Crippen LogP contribution in [0.3, 0.4) is 0 Å². The Hall–Kier alpha value is -1.55. The molecule has 0 heterocycles. The van der Waals surface area contributed by atoms with Crippen LogP contribution in [-0.4, -0.2) is 19.1 Å². The van der Waals surface area contributed by atoms with Crippen LogP contribution in [0.1, 0.15) is 6.92 Å². The highest BCUT2D eigenvalue weighted by atomic mass is 16.5. The molecule has 0 unspecified atom stereocenters. The third-order valence-electron chi connectivity index (χ3n) is 1.88. The summed E-state index contributed by atoms with van der Waals surface area (Å²) in [6.45, 7) is 1.68. The Morgan fingerprint density at radius 3 is 2.86 bits per heavy atom. The molecule has 1 amide bonds. The smallest absolute Gasteiger partial charge is 0.253 e. The van der Waals surface area contributed by atoms with E-state index in [1.54, 1.807) is 31.2 Å². The molecule has 0 aliphatic carbocycles. The number of hydrogen-bond donors (Lipinski definition) is 2. The van der Waals surface area contributed by atoms with Crippen molar-refractivity contribution in [2.24, 2.45) is 0 Å². The number of nitrogen functional groups attached to an aromatic ring is 1. The topological polar surface area (TPSA) is 64.3 Å². The number of rotatable bonds is 3. The minimum Gasteiger partial charge on any atom is -0.399 e. The molecule has 1 aromatic carbocycles. The van der Waals surface area contributed by atoms with Gasteiger partial charge in [-0.1, -0.05) is 6.07 Å². The molecule has 1 rings (SSSR count). The Labute approximate surface area is 83.1 Å². The van der Waals surface area contributed by atoms with Crippen molar-refractivity contribution in [2.45, 2.75) is 13.0 Å². The van der Waals surface area contributed by atoms with Gasteiger partial charge in [-0.05, 0) is 25.1 Å². The predicted octanol–water partition coefficient (Wildman–Crippen LogP) is 1.24. The lowest BCUT2D eigenvalue weighted by atomic mass is 10.2. The highest BCUT2D eigenvalue weighted by Gasteiger charge is 2.10. The Morgan fingerprint density at radius 2 is 2.29 bits per heavy atom. The zero-order valence-electron chi connectivity index (χ0n) is 8.28. The van der Waals surface area contributed by atoms with Gasteiger partial charge in [0.1, 0.15) is 6.10 Å². The molecule has 0 aromatic heterocycles. The quantitative estimate of drug-likeness (QED) is 0.711. The summed E-state index contributed by atoms with van der Waals surface area (Å²) in [6.07, 6.45) is -0.462. The van der Waals surface area contributed by atoms with Crippen molar-refractivity contribution in [3.63, 3.8) is 0 Å². The van der Waals surface area contributed by atoms with Crippen molar-refractivity contribution in [3.05, 3.63) is 24.3 Å². The van der Waals surface area contributed by atoms with Gasteiger partial charge < -0.3 is 15.8 Å². The number of amides is 1. The fourth-order valence-corrected chi connectivity index (χ4v) is 0.967. The minimum atomic E-state index is -0.462. The maximum absolute atomic E-state index is 11.4. The second-order valence-electron chi connectivity index (χ2n) is 2.99. The van der Waals surface area contributed by atoms with E-state index in [9.17, 15) is 4.79 Å². The van der Waals surface area contributed by atoms with Gasteiger partial charge in [-0.25, -0.2) is 0 Å². The van der Waals surface area contributed by atoms with Gasteiger partial charge in [0.15, 0.2) is 0 Å². The summed E-state index contributed by atoms with van der Waals surface area (Å²) in [6, 6.07) is 7.01. The number of ether oxygens (including phenoxy) is 1. The maximum atomic E-state index is 11.4. The molecule has 0 saturated carbocycles. The number of benzene rings is 1. The maximum Gasteiger partial charge on any atom is 0.253 e. The highest BCUT2D eigenvalue weighted by molar-refractivity contribution is 5.94. The molecule has 0 saturated heterocycles. The van der Waals surface area contributed by atoms with E-state index in [1.807, 2.05) is 0 Å². The molecule has 0 fully saturated rings. The molecule has 0 aliphatic heterocycles. The molecule has 4 heteroatoms. The first-order valence-electron chi connectivity index (χ1n) is 4.32. The van der Waals surface area contributed by atoms with Gasteiger partial charge in [-0.15, -0.1) is 0 Å². The molecule has 4 nitrogen and oxygen atoms in total. The number of carbonyl (C=O) groups is 1. The van der Waals surface area contributed by atoms with Gasteiger partial charge in [0, 0.05) is 18.5 Å². The van der Waals surface area contributed by atoms with Crippen molar-refractivity contribution in [1.29, 1.82) is 0 Å². The van der Waals surface area contributed by atoms with Crippen molar-refractivity contribution in [2.75, 3.05) is 18.2 Å². The number of nitrogens with one attached hydrogen (secondary N) is 1. The molecule has 76 valence electrons. The van der Waals surface area contributed by atoms with Crippen molar-refractivity contribution >= 4 is 17.3 Å². The summed E-state index contributed by atoms with van der Waals surface area (Å²) in [5.41, 5.74) is 6.86. The Kier molecular flexibility index (Phi) is 3.48. The van der Waals surface area contributed by atoms with E-state index in [1.165, 1.54) is 7.11 Å². The standard InChI is InChI=1S/C10H14N2O2/c1-7(14-2)10(13)12-9-5-3-4-8(11)6-9/h3-7H,11H2,1-2H3,(H,12,13)/t7-/m0/s1. The summed E-state index contributed by atoms with van der Waals surface area (Å²) in [7, 11) is 1.49. The van der Waals surface area contributed by atoms with E-state index >= 15 is 0 Å². The zero-order valence-corrected chi connectivity index (χ0v) is 8.28. The number of anilines is 2. The largest absolute Gasteiger partial charge is 0.399 e. The third-order valence-corrected chi connectivity index (χ3v) is 1.88. The number of carbonyl (C=O) groups excluding carboxylic acids is 1. The number of hydrogen-bond acceptors (Lipinski definition) is 3. The molecule has 1 atom stereocenters. The van der Waals surface area contributed by atoms with Crippen LogP contribution in [0.5, 0.6) is 0 Å². The molecule has 0 aliphatic rings. The first-order valence-corrected chi connectivity index (χ1v) is 4.32. The molecule has 3 N–H and O–H groups in total. The minimum absolute atomic E-state index is 0.182. The van der Waals surface area contributed by atoms with Crippen LogP contribution >= 0.6 is 0 Å². The van der Waals surface area contributed by atoms with E-state index in [4.69, 9.17) is 10.5 Å². The van der Waals surface area contributed by atoms with Crippen molar-refractivity contribution in [1.82, 2.24) is 0 Å². The molecule has 1 aromatic rings. The number of nitrogens with two attached hydrogens (primary N) is 1. The lowest BCUT2D eigenvalue weighted by molar-refractivity contribution is -0.124. The Balaban J connectivity index is 2.65. The summed E-state index contributed by atoms with van der Waals surface area (Å²) in [5.74, 6) is -0.182. The van der Waals surface area contributed by atoms with Crippen LogP contribution in [0.25, 0.3) is 0 Å². The van der Waals surface area contributed by atoms with E-state index in [2.05, 4.69) is 5.32 Å². The molecule has 14 heavy (non-hydrogen) atoms. The Bertz CT molecular complexity index is 326. The van der Waals surface area contributed by atoms with Gasteiger partial charge in [0.05, 0.1) is 0 Å². The van der Waals surface area contributed by atoms with E-state index in [0.29, 0.717) is 11.4 Å². The fraction of sp³-hybridized carbons (Fsp3) is 0.300. The summed E-state index contributed by atoms with van der Waals surface area (Å²) in [5, 5.41) is 2.69. The van der Waals surface area contributed by atoms with Crippen molar-refractivity contribution < 1.29 is 9.53 Å². The lowest BCUT2D eigenvalue weighted by Crippen LogP contribution is -2.26. The predicted molar refractivity (Wildman–Crippen MR) is 56.0 cm³/mol. The number of methoxy groups -OCH3 is 1. The van der Waals surface area contributed by atoms with E-state index in [0.717, 1.165) is 0 Å². The van der Waals surface area contributed by atoms with Gasteiger partial charge >= 0.3 is 0 Å². The third kappa shape index (κ3) is 2.74. The molecular weight excluding hydrogens is 180 g/mol. The second-order valence-corrected chi connectivity index (χ2v) is 2.99. The van der Waals surface area contributed by atoms with Crippen LogP contribution in [0.4, 0.5) is 11.4 Å². The van der Waals surface area contributed by atoms with Gasteiger partial charge in [-0.3, -0.25) is 4.79 Å². The Morgan fingerprint density at radius 1 is 1.57 bits per heavy atom. The van der Waals surface area contributed by atoms with Gasteiger partial charge in [0.25, 0.3) is 5.91 Å². The first-order chi connectivity index (χ1) is 6.63. The second kappa shape index (κ2) is 4.62.